The van der Waals surface area contributed by atoms with E-state index in [0.29, 0.717) is 0 Å². The third kappa shape index (κ3) is 3.37. The molecule has 3 nitrogen and oxygen atoms in total. The number of nitrogens with one attached hydrogen (secondary N) is 2. The SMILES string of the molecule is CCNCCNc1c(C)cc(OC)c(C)c1C. The Morgan fingerprint density at radius 3 is 2.41 bits per heavy atom. The van der Waals surface area contributed by atoms with Gasteiger partial charge in [-0.3, -0.25) is 0 Å². The lowest BCUT2D eigenvalue weighted by molar-refractivity contribution is 0.411. The van der Waals surface area contributed by atoms with Gasteiger partial charge in [-0.15, -0.1) is 0 Å². The Kier molecular flexibility index (Phi) is 5.29. The first-order valence-corrected chi connectivity index (χ1v) is 6.21. The second-order valence-electron chi connectivity index (χ2n) is 4.30. The van der Waals surface area contributed by atoms with E-state index in [-0.39, 0.29) is 0 Å². The van der Waals surface area contributed by atoms with E-state index < -0.39 is 0 Å². The predicted octanol–water partition coefficient (Wildman–Crippen LogP) is 2.64. The second kappa shape index (κ2) is 6.50. The molecular weight excluding hydrogens is 212 g/mol. The minimum Gasteiger partial charge on any atom is -0.496 e. The van der Waals surface area contributed by atoms with Crippen LogP contribution in [0.2, 0.25) is 0 Å². The molecule has 1 aromatic carbocycles. The molecule has 0 heterocycles. The molecule has 0 aliphatic rings. The topological polar surface area (TPSA) is 33.3 Å². The summed E-state index contributed by atoms with van der Waals surface area (Å²) in [6.07, 6.45) is 0. The molecule has 0 aromatic heterocycles. The van der Waals surface area contributed by atoms with Crippen molar-refractivity contribution in [2.45, 2.75) is 27.7 Å². The fourth-order valence-electron chi connectivity index (χ4n) is 1.98. The Labute approximate surface area is 105 Å². The number of aryl methyl sites for hydroxylation is 1. The monoisotopic (exact) mass is 236 g/mol. The quantitative estimate of drug-likeness (QED) is 0.745. The number of likely N-dealkylation sites (N-methyl/N-ethyl adjacent to an activating group) is 1. The van der Waals surface area contributed by atoms with Crippen LogP contribution >= 0.6 is 0 Å². The Morgan fingerprint density at radius 1 is 1.12 bits per heavy atom. The molecule has 96 valence electrons. The predicted molar refractivity (Wildman–Crippen MR) is 74.2 cm³/mol. The maximum Gasteiger partial charge on any atom is 0.122 e. The normalized spacial score (nSPS) is 10.4. The highest BCUT2D eigenvalue weighted by molar-refractivity contribution is 5.63. The van der Waals surface area contributed by atoms with Gasteiger partial charge in [0.1, 0.15) is 5.75 Å². The van der Waals surface area contributed by atoms with E-state index in [1.165, 1.54) is 22.4 Å². The third-order valence-electron chi connectivity index (χ3n) is 3.12. The van der Waals surface area contributed by atoms with Crippen LogP contribution in [0.1, 0.15) is 23.6 Å². The molecule has 0 atom stereocenters. The van der Waals surface area contributed by atoms with Gasteiger partial charge < -0.3 is 15.4 Å². The number of ether oxygens (including phenoxy) is 1. The summed E-state index contributed by atoms with van der Waals surface area (Å²) in [6.45, 7) is 11.4. The second-order valence-corrected chi connectivity index (χ2v) is 4.30. The van der Waals surface area contributed by atoms with Crippen molar-refractivity contribution in [1.82, 2.24) is 5.32 Å². The van der Waals surface area contributed by atoms with Crippen molar-refractivity contribution < 1.29 is 4.74 Å². The fraction of sp³-hybridized carbons (Fsp3) is 0.571. The number of hydrogen-bond acceptors (Lipinski definition) is 3. The van der Waals surface area contributed by atoms with Crippen LogP contribution in [-0.2, 0) is 0 Å². The summed E-state index contributed by atoms with van der Waals surface area (Å²) in [5.41, 5.74) is 4.96. The lowest BCUT2D eigenvalue weighted by atomic mass is 10.0. The van der Waals surface area contributed by atoms with Gasteiger partial charge in [-0.25, -0.2) is 0 Å². The zero-order valence-electron chi connectivity index (χ0n) is 11.6. The summed E-state index contributed by atoms with van der Waals surface area (Å²) < 4.78 is 5.36. The zero-order chi connectivity index (χ0) is 12.8. The third-order valence-corrected chi connectivity index (χ3v) is 3.12. The first kappa shape index (κ1) is 13.8. The smallest absolute Gasteiger partial charge is 0.122 e. The molecule has 0 saturated carbocycles. The number of anilines is 1. The van der Waals surface area contributed by atoms with Crippen LogP contribution in [0.3, 0.4) is 0 Å². The highest BCUT2D eigenvalue weighted by Gasteiger charge is 2.09. The van der Waals surface area contributed by atoms with Crippen LogP contribution in [0.15, 0.2) is 6.07 Å². The first-order chi connectivity index (χ1) is 8.11. The minimum atomic E-state index is 0.946. The van der Waals surface area contributed by atoms with E-state index in [2.05, 4.69) is 44.4 Å². The summed E-state index contributed by atoms with van der Waals surface area (Å²) in [5, 5.41) is 6.80. The maximum atomic E-state index is 5.36. The molecule has 0 bridgehead atoms. The average Bonchev–Trinajstić information content (AvgIpc) is 2.32. The van der Waals surface area contributed by atoms with Crippen molar-refractivity contribution in [1.29, 1.82) is 0 Å². The minimum absolute atomic E-state index is 0.946. The van der Waals surface area contributed by atoms with Crippen molar-refractivity contribution in [3.63, 3.8) is 0 Å². The summed E-state index contributed by atoms with van der Waals surface area (Å²) in [7, 11) is 1.72. The summed E-state index contributed by atoms with van der Waals surface area (Å²) in [5.74, 6) is 0.970. The van der Waals surface area contributed by atoms with Gasteiger partial charge in [0.05, 0.1) is 7.11 Å². The molecule has 0 fully saturated rings. The van der Waals surface area contributed by atoms with Gasteiger partial charge >= 0.3 is 0 Å². The number of rotatable bonds is 6. The Hall–Kier alpha value is -1.22. The van der Waals surface area contributed by atoms with E-state index >= 15 is 0 Å². The van der Waals surface area contributed by atoms with E-state index in [1.807, 2.05) is 0 Å². The molecule has 0 spiro atoms. The molecule has 17 heavy (non-hydrogen) atoms. The van der Waals surface area contributed by atoms with Gasteiger partial charge in [0.2, 0.25) is 0 Å². The van der Waals surface area contributed by atoms with E-state index in [0.717, 1.165) is 25.4 Å². The van der Waals surface area contributed by atoms with Crippen molar-refractivity contribution in [3.05, 3.63) is 22.8 Å². The fourth-order valence-corrected chi connectivity index (χ4v) is 1.98. The number of benzene rings is 1. The van der Waals surface area contributed by atoms with Crippen LogP contribution in [0, 0.1) is 20.8 Å². The molecule has 0 aliphatic carbocycles. The Morgan fingerprint density at radius 2 is 1.82 bits per heavy atom. The van der Waals surface area contributed by atoms with Gasteiger partial charge in [0.25, 0.3) is 0 Å². The molecule has 0 radical (unpaired) electrons. The van der Waals surface area contributed by atoms with E-state index in [1.54, 1.807) is 7.11 Å². The lowest BCUT2D eigenvalue weighted by Gasteiger charge is -2.17. The van der Waals surface area contributed by atoms with Gasteiger partial charge in [-0.2, -0.15) is 0 Å². The maximum absolute atomic E-state index is 5.36. The molecule has 0 unspecified atom stereocenters. The summed E-state index contributed by atoms with van der Waals surface area (Å²) in [6, 6.07) is 2.10. The van der Waals surface area contributed by atoms with Crippen molar-refractivity contribution in [2.75, 3.05) is 32.1 Å². The molecule has 1 rings (SSSR count). The van der Waals surface area contributed by atoms with Crippen LogP contribution < -0.4 is 15.4 Å². The molecule has 0 amide bonds. The highest BCUT2D eigenvalue weighted by Crippen LogP contribution is 2.30. The number of methoxy groups -OCH3 is 1. The average molecular weight is 236 g/mol. The van der Waals surface area contributed by atoms with Gasteiger partial charge in [-0.05, 0) is 50.1 Å². The van der Waals surface area contributed by atoms with E-state index in [9.17, 15) is 0 Å². The molecule has 1 aromatic rings. The first-order valence-electron chi connectivity index (χ1n) is 6.21. The molecule has 2 N–H and O–H groups in total. The van der Waals surface area contributed by atoms with Gasteiger partial charge in [-0.1, -0.05) is 6.92 Å². The molecule has 0 saturated heterocycles. The van der Waals surface area contributed by atoms with Gasteiger partial charge in [0.15, 0.2) is 0 Å². The Bertz CT molecular complexity index is 375. The van der Waals surface area contributed by atoms with Crippen molar-refractivity contribution >= 4 is 5.69 Å². The highest BCUT2D eigenvalue weighted by atomic mass is 16.5. The van der Waals surface area contributed by atoms with E-state index in [4.69, 9.17) is 4.74 Å². The van der Waals surface area contributed by atoms with Crippen LogP contribution in [0.25, 0.3) is 0 Å². The van der Waals surface area contributed by atoms with Gasteiger partial charge in [0, 0.05) is 18.8 Å². The molecule has 3 heteroatoms. The summed E-state index contributed by atoms with van der Waals surface area (Å²) in [4.78, 5) is 0. The number of hydrogen-bond donors (Lipinski definition) is 2. The lowest BCUT2D eigenvalue weighted by Crippen LogP contribution is -2.22. The standard InChI is InChI=1S/C14H24N2O/c1-6-15-7-8-16-14-10(2)9-13(17-5)11(3)12(14)4/h9,15-16H,6-8H2,1-5H3. The Balaban J connectivity index is 2.81. The molecule has 0 aliphatic heterocycles. The van der Waals surface area contributed by atoms with Crippen molar-refractivity contribution in [3.8, 4) is 5.75 Å². The van der Waals surface area contributed by atoms with Crippen LogP contribution in [0.5, 0.6) is 5.75 Å². The zero-order valence-corrected chi connectivity index (χ0v) is 11.6. The summed E-state index contributed by atoms with van der Waals surface area (Å²) >= 11 is 0. The van der Waals surface area contributed by atoms with Crippen molar-refractivity contribution in [2.24, 2.45) is 0 Å². The molecular formula is C14H24N2O. The largest absolute Gasteiger partial charge is 0.496 e. The van der Waals surface area contributed by atoms with Crippen LogP contribution in [0.4, 0.5) is 5.69 Å². The van der Waals surface area contributed by atoms with Crippen LogP contribution in [-0.4, -0.2) is 26.7 Å².